The highest BCUT2D eigenvalue weighted by atomic mass is 35.5. The Labute approximate surface area is 153 Å². The number of halogens is 2. The molecule has 1 aliphatic rings. The molecule has 25 heavy (non-hydrogen) atoms. The van der Waals surface area contributed by atoms with Crippen molar-refractivity contribution in [1.82, 2.24) is 10.3 Å². The van der Waals surface area contributed by atoms with Crippen LogP contribution in [0.1, 0.15) is 5.56 Å². The smallest absolute Gasteiger partial charge is 0.329 e. The van der Waals surface area contributed by atoms with E-state index in [0.29, 0.717) is 22.2 Å². The molecule has 2 heterocycles. The Morgan fingerprint density at radius 3 is 2.64 bits per heavy atom. The molecule has 0 radical (unpaired) electrons. The molecule has 0 aliphatic carbocycles. The molecule has 1 unspecified atom stereocenters. The molecule has 2 aromatic carbocycles. The molecule has 1 fully saturated rings. The minimum atomic E-state index is -0.624. The van der Waals surface area contributed by atoms with E-state index < -0.39 is 12.1 Å². The van der Waals surface area contributed by atoms with E-state index in [1.165, 1.54) is 6.07 Å². The number of imide groups is 1. The highest BCUT2D eigenvalue weighted by Crippen LogP contribution is 2.29. The lowest BCUT2D eigenvalue weighted by atomic mass is 10.0. The molecule has 3 aromatic rings. The Balaban J connectivity index is 1.61. The summed E-state index contributed by atoms with van der Waals surface area (Å²) in [5, 5.41) is 4.44. The number of urea groups is 1. The highest BCUT2D eigenvalue weighted by molar-refractivity contribution is 6.42. The van der Waals surface area contributed by atoms with E-state index >= 15 is 0 Å². The molecule has 1 saturated heterocycles. The van der Waals surface area contributed by atoms with Gasteiger partial charge in [0, 0.05) is 23.5 Å². The van der Waals surface area contributed by atoms with Crippen LogP contribution in [0.3, 0.4) is 0 Å². The first-order chi connectivity index (χ1) is 12.0. The Hall–Kier alpha value is -2.50. The van der Waals surface area contributed by atoms with Gasteiger partial charge in [0.15, 0.2) is 0 Å². The minimum Gasteiger partial charge on any atom is -0.361 e. The second-order valence-electron chi connectivity index (χ2n) is 5.84. The lowest BCUT2D eigenvalue weighted by molar-refractivity contribution is -0.118. The summed E-state index contributed by atoms with van der Waals surface area (Å²) in [5.74, 6) is -0.311. The van der Waals surface area contributed by atoms with E-state index in [4.69, 9.17) is 23.2 Å². The maximum absolute atomic E-state index is 12.7. The summed E-state index contributed by atoms with van der Waals surface area (Å²) in [6.45, 7) is 0. The standard InChI is InChI=1S/C18H13Cl2N3O2/c19-13-6-5-11(8-14(13)20)23-17(24)16(22-18(23)25)7-10-9-21-15-4-2-1-3-12(10)15/h1-6,8-9,16,21H,7H2,(H,22,25). The van der Waals surface area contributed by atoms with Crippen LogP contribution in [0.5, 0.6) is 0 Å². The van der Waals surface area contributed by atoms with Gasteiger partial charge in [-0.05, 0) is 29.8 Å². The van der Waals surface area contributed by atoms with E-state index in [2.05, 4.69) is 10.3 Å². The van der Waals surface area contributed by atoms with E-state index in [9.17, 15) is 9.59 Å². The third-order valence-electron chi connectivity index (χ3n) is 4.28. The molecule has 126 valence electrons. The average Bonchev–Trinajstić information content (AvgIpc) is 3.12. The van der Waals surface area contributed by atoms with Gasteiger partial charge in [-0.2, -0.15) is 0 Å². The number of fused-ring (bicyclic) bond motifs is 1. The number of hydrogen-bond donors (Lipinski definition) is 2. The Kier molecular flexibility index (Phi) is 3.90. The minimum absolute atomic E-state index is 0.292. The number of hydrogen-bond acceptors (Lipinski definition) is 2. The van der Waals surface area contributed by atoms with Crippen molar-refractivity contribution in [3.63, 3.8) is 0 Å². The normalized spacial score (nSPS) is 17.4. The number of benzene rings is 2. The van der Waals surface area contributed by atoms with Crippen LogP contribution in [0.2, 0.25) is 10.0 Å². The summed E-state index contributed by atoms with van der Waals surface area (Å²) < 4.78 is 0. The van der Waals surface area contributed by atoms with Crippen molar-refractivity contribution >= 4 is 51.7 Å². The van der Waals surface area contributed by atoms with Gasteiger partial charge in [0.25, 0.3) is 5.91 Å². The molecule has 0 bridgehead atoms. The Morgan fingerprint density at radius 1 is 1.04 bits per heavy atom. The summed E-state index contributed by atoms with van der Waals surface area (Å²) in [5.41, 5.74) is 2.37. The number of aromatic amines is 1. The number of amides is 3. The van der Waals surface area contributed by atoms with Crippen LogP contribution in [0.4, 0.5) is 10.5 Å². The molecule has 5 nitrogen and oxygen atoms in total. The molecule has 1 aliphatic heterocycles. The van der Waals surface area contributed by atoms with Crippen molar-refractivity contribution < 1.29 is 9.59 Å². The van der Waals surface area contributed by atoms with Crippen LogP contribution in [0.25, 0.3) is 10.9 Å². The van der Waals surface area contributed by atoms with E-state index in [1.807, 2.05) is 30.5 Å². The van der Waals surface area contributed by atoms with E-state index in [0.717, 1.165) is 21.4 Å². The summed E-state index contributed by atoms with van der Waals surface area (Å²) in [4.78, 5) is 29.3. The van der Waals surface area contributed by atoms with Gasteiger partial charge >= 0.3 is 6.03 Å². The van der Waals surface area contributed by atoms with E-state index in [1.54, 1.807) is 12.1 Å². The monoisotopic (exact) mass is 373 g/mol. The van der Waals surface area contributed by atoms with Crippen LogP contribution in [0.15, 0.2) is 48.7 Å². The number of carbonyl (C=O) groups is 2. The van der Waals surface area contributed by atoms with Crippen LogP contribution >= 0.6 is 23.2 Å². The zero-order valence-corrected chi connectivity index (χ0v) is 14.4. The van der Waals surface area contributed by atoms with Crippen LogP contribution < -0.4 is 10.2 Å². The fourth-order valence-corrected chi connectivity index (χ4v) is 3.35. The van der Waals surface area contributed by atoms with Gasteiger partial charge in [-0.25, -0.2) is 9.69 Å². The fourth-order valence-electron chi connectivity index (χ4n) is 3.06. The quantitative estimate of drug-likeness (QED) is 0.677. The SMILES string of the molecule is O=C1NC(Cc2c[nH]c3ccccc23)C(=O)N1c1ccc(Cl)c(Cl)c1. The number of nitrogens with one attached hydrogen (secondary N) is 2. The largest absolute Gasteiger partial charge is 0.361 e. The molecule has 0 saturated carbocycles. The zero-order valence-electron chi connectivity index (χ0n) is 12.9. The van der Waals surface area contributed by atoms with Crippen LogP contribution in [0, 0.1) is 0 Å². The average molecular weight is 374 g/mol. The summed E-state index contributed by atoms with van der Waals surface area (Å²) >= 11 is 11.9. The Morgan fingerprint density at radius 2 is 1.84 bits per heavy atom. The van der Waals surface area contributed by atoms with E-state index in [-0.39, 0.29) is 5.91 Å². The van der Waals surface area contributed by atoms with Gasteiger partial charge in [0.1, 0.15) is 6.04 Å². The molecular weight excluding hydrogens is 361 g/mol. The molecular formula is C18H13Cl2N3O2. The number of anilines is 1. The lowest BCUT2D eigenvalue weighted by Gasteiger charge is -2.13. The summed E-state index contributed by atoms with van der Waals surface area (Å²) in [7, 11) is 0. The van der Waals surface area contributed by atoms with Gasteiger partial charge < -0.3 is 10.3 Å². The first-order valence-corrected chi connectivity index (χ1v) is 8.44. The highest BCUT2D eigenvalue weighted by Gasteiger charge is 2.39. The number of rotatable bonds is 3. The molecule has 3 amide bonds. The number of para-hydroxylation sites is 1. The maximum atomic E-state index is 12.7. The zero-order chi connectivity index (χ0) is 17.6. The Bertz CT molecular complexity index is 999. The summed E-state index contributed by atoms with van der Waals surface area (Å²) in [6, 6.07) is 11.4. The number of aromatic nitrogens is 1. The second kappa shape index (κ2) is 6.10. The topological polar surface area (TPSA) is 65.2 Å². The molecule has 0 spiro atoms. The number of carbonyl (C=O) groups excluding carboxylic acids is 2. The maximum Gasteiger partial charge on any atom is 0.329 e. The van der Waals surface area contributed by atoms with Crippen molar-refractivity contribution in [2.24, 2.45) is 0 Å². The predicted molar refractivity (Wildman–Crippen MR) is 98.3 cm³/mol. The van der Waals surface area contributed by atoms with Crippen molar-refractivity contribution in [1.29, 1.82) is 0 Å². The summed E-state index contributed by atoms with van der Waals surface area (Å²) in [6.07, 6.45) is 2.28. The predicted octanol–water partition coefficient (Wildman–Crippen LogP) is 4.14. The van der Waals surface area contributed by atoms with Crippen molar-refractivity contribution in [3.05, 3.63) is 64.3 Å². The first kappa shape index (κ1) is 16.0. The second-order valence-corrected chi connectivity index (χ2v) is 6.65. The number of H-pyrrole nitrogens is 1. The van der Waals surface area contributed by atoms with Gasteiger partial charge in [-0.1, -0.05) is 41.4 Å². The fraction of sp³-hybridized carbons (Fsp3) is 0.111. The van der Waals surface area contributed by atoms with Gasteiger partial charge in [-0.15, -0.1) is 0 Å². The molecule has 2 N–H and O–H groups in total. The molecule has 7 heteroatoms. The van der Waals surface area contributed by atoms with Crippen LogP contribution in [-0.2, 0) is 11.2 Å². The third kappa shape index (κ3) is 2.75. The van der Waals surface area contributed by atoms with Gasteiger partial charge in [-0.3, -0.25) is 4.79 Å². The van der Waals surface area contributed by atoms with Crippen molar-refractivity contribution in [3.8, 4) is 0 Å². The van der Waals surface area contributed by atoms with Gasteiger partial charge in [0.05, 0.1) is 15.7 Å². The molecule has 1 aromatic heterocycles. The third-order valence-corrected chi connectivity index (χ3v) is 5.02. The van der Waals surface area contributed by atoms with Gasteiger partial charge in [0.2, 0.25) is 0 Å². The van der Waals surface area contributed by atoms with Crippen molar-refractivity contribution in [2.45, 2.75) is 12.5 Å². The molecule has 1 atom stereocenters. The number of nitrogens with zero attached hydrogens (tertiary/aromatic N) is 1. The lowest BCUT2D eigenvalue weighted by Crippen LogP contribution is -2.32. The first-order valence-electron chi connectivity index (χ1n) is 7.69. The van der Waals surface area contributed by atoms with Crippen LogP contribution in [-0.4, -0.2) is 23.0 Å². The van der Waals surface area contributed by atoms with Crippen molar-refractivity contribution in [2.75, 3.05) is 4.90 Å². The molecule has 4 rings (SSSR count).